The van der Waals surface area contributed by atoms with Gasteiger partial charge in [0.25, 0.3) is 0 Å². The van der Waals surface area contributed by atoms with E-state index < -0.39 is 21.9 Å². The van der Waals surface area contributed by atoms with Gasteiger partial charge < -0.3 is 8.92 Å². The molecule has 4 rings (SSSR count). The Bertz CT molecular complexity index is 1300. The van der Waals surface area contributed by atoms with Gasteiger partial charge in [0.15, 0.2) is 9.84 Å². The molecule has 0 bridgehead atoms. The summed E-state index contributed by atoms with van der Waals surface area (Å²) in [5.74, 6) is -2.05. The molecule has 0 unspecified atom stereocenters. The first-order chi connectivity index (χ1) is 13.6. The van der Waals surface area contributed by atoms with Gasteiger partial charge in [-0.1, -0.05) is 16.8 Å². The highest BCUT2D eigenvalue weighted by Gasteiger charge is 2.38. The Morgan fingerprint density at radius 1 is 1.03 bits per heavy atom. The molecule has 0 amide bonds. The number of hydrogen-bond donors (Lipinski definition) is 0. The highest BCUT2D eigenvalue weighted by atomic mass is 35.5. The van der Waals surface area contributed by atoms with Crippen molar-refractivity contribution >= 4 is 27.1 Å². The lowest BCUT2D eigenvalue weighted by Gasteiger charge is -2.02. The van der Waals surface area contributed by atoms with Crippen LogP contribution in [0.25, 0.3) is 17.0 Å². The molecule has 1 aromatic carbocycles. The summed E-state index contributed by atoms with van der Waals surface area (Å²) in [6, 6.07) is 8.73. The SMILES string of the molecule is O=S(=O)(Cc1cn2cc(-c3noc(C(F)(F)F)n3)ccc2n1)c1ccc(Cl)cc1. The average molecular weight is 443 g/mol. The summed E-state index contributed by atoms with van der Waals surface area (Å²) in [6.07, 6.45) is -1.84. The van der Waals surface area contributed by atoms with Gasteiger partial charge in [0, 0.05) is 23.0 Å². The van der Waals surface area contributed by atoms with Gasteiger partial charge in [-0.3, -0.25) is 0 Å². The van der Waals surface area contributed by atoms with Crippen LogP contribution in [0.4, 0.5) is 13.2 Å². The molecule has 0 N–H and O–H groups in total. The molecule has 0 radical (unpaired) electrons. The Balaban J connectivity index is 1.63. The molecular weight excluding hydrogens is 433 g/mol. The van der Waals surface area contributed by atoms with Crippen molar-refractivity contribution in [1.82, 2.24) is 19.5 Å². The van der Waals surface area contributed by atoms with E-state index in [1.807, 2.05) is 0 Å². The van der Waals surface area contributed by atoms with Crippen LogP contribution in [0.2, 0.25) is 5.02 Å². The monoisotopic (exact) mass is 442 g/mol. The molecule has 0 aliphatic heterocycles. The van der Waals surface area contributed by atoms with E-state index in [1.54, 1.807) is 0 Å². The molecule has 0 atom stereocenters. The summed E-state index contributed by atoms with van der Waals surface area (Å²) in [7, 11) is -3.65. The van der Waals surface area contributed by atoms with E-state index in [2.05, 4.69) is 19.6 Å². The Hall–Kier alpha value is -2.92. The molecule has 7 nitrogen and oxygen atoms in total. The van der Waals surface area contributed by atoms with Gasteiger partial charge in [0.2, 0.25) is 5.82 Å². The first-order valence-corrected chi connectivity index (χ1v) is 10.0. The minimum atomic E-state index is -4.74. The van der Waals surface area contributed by atoms with Gasteiger partial charge in [-0.2, -0.15) is 18.2 Å². The minimum absolute atomic E-state index is 0.103. The fourth-order valence-corrected chi connectivity index (χ4v) is 3.99. The lowest BCUT2D eigenvalue weighted by atomic mass is 10.3. The third-order valence-corrected chi connectivity index (χ3v) is 5.86. The maximum Gasteiger partial charge on any atom is 0.471 e. The predicted molar refractivity (Wildman–Crippen MR) is 95.8 cm³/mol. The summed E-state index contributed by atoms with van der Waals surface area (Å²) in [5, 5.41) is 3.74. The molecule has 0 aliphatic rings. The molecule has 0 saturated carbocycles. The second kappa shape index (κ2) is 6.85. The number of fused-ring (bicyclic) bond motifs is 1. The van der Waals surface area contributed by atoms with Crippen LogP contribution in [0.5, 0.6) is 0 Å². The maximum absolute atomic E-state index is 12.6. The molecule has 150 valence electrons. The number of sulfone groups is 1. The van der Waals surface area contributed by atoms with Crippen LogP contribution in [0.15, 0.2) is 58.2 Å². The van der Waals surface area contributed by atoms with Crippen molar-refractivity contribution in [2.24, 2.45) is 0 Å². The molecule has 3 aromatic heterocycles. The second-order valence-electron chi connectivity index (χ2n) is 6.05. The van der Waals surface area contributed by atoms with Crippen molar-refractivity contribution < 1.29 is 26.1 Å². The Kier molecular flexibility index (Phi) is 4.58. The van der Waals surface area contributed by atoms with Gasteiger partial charge in [0.05, 0.1) is 16.3 Å². The molecule has 12 heteroatoms. The Morgan fingerprint density at radius 2 is 1.76 bits per heavy atom. The Morgan fingerprint density at radius 3 is 2.41 bits per heavy atom. The van der Waals surface area contributed by atoms with Gasteiger partial charge in [-0.25, -0.2) is 13.4 Å². The van der Waals surface area contributed by atoms with E-state index in [0.717, 1.165) is 0 Å². The number of rotatable bonds is 4. The van der Waals surface area contributed by atoms with Crippen LogP contribution in [0.3, 0.4) is 0 Å². The van der Waals surface area contributed by atoms with E-state index in [9.17, 15) is 21.6 Å². The minimum Gasteiger partial charge on any atom is -0.329 e. The number of nitrogens with zero attached hydrogens (tertiary/aromatic N) is 4. The number of aromatic nitrogens is 4. The first-order valence-electron chi connectivity index (χ1n) is 7.99. The van der Waals surface area contributed by atoms with Crippen LogP contribution in [-0.2, 0) is 21.8 Å². The number of halogens is 4. The van der Waals surface area contributed by atoms with Crippen molar-refractivity contribution in [2.45, 2.75) is 16.8 Å². The number of imidazole rings is 1. The van der Waals surface area contributed by atoms with Gasteiger partial charge in [0.1, 0.15) is 5.65 Å². The first kappa shape index (κ1) is 19.4. The number of alkyl halides is 3. The molecule has 0 aliphatic carbocycles. The summed E-state index contributed by atoms with van der Waals surface area (Å²) in [6.45, 7) is 0. The number of pyridine rings is 1. The van der Waals surface area contributed by atoms with Crippen molar-refractivity contribution in [3.63, 3.8) is 0 Å². The van der Waals surface area contributed by atoms with Crippen LogP contribution >= 0.6 is 11.6 Å². The van der Waals surface area contributed by atoms with E-state index in [4.69, 9.17) is 11.6 Å². The summed E-state index contributed by atoms with van der Waals surface area (Å²) < 4.78 is 68.6. The van der Waals surface area contributed by atoms with Crippen LogP contribution in [0.1, 0.15) is 11.6 Å². The smallest absolute Gasteiger partial charge is 0.329 e. The van der Waals surface area contributed by atoms with Gasteiger partial charge >= 0.3 is 12.1 Å². The molecule has 0 fully saturated rings. The zero-order valence-electron chi connectivity index (χ0n) is 14.3. The third kappa shape index (κ3) is 3.96. The van der Waals surface area contributed by atoms with Crippen LogP contribution in [-0.4, -0.2) is 27.9 Å². The summed E-state index contributed by atoms with van der Waals surface area (Å²) in [4.78, 5) is 7.66. The predicted octanol–water partition coefficient (Wildman–Crippen LogP) is 4.03. The molecule has 29 heavy (non-hydrogen) atoms. The quantitative estimate of drug-likeness (QED) is 0.474. The molecule has 4 aromatic rings. The van der Waals surface area contributed by atoms with E-state index in [0.29, 0.717) is 10.7 Å². The Labute approximate surface area is 166 Å². The van der Waals surface area contributed by atoms with E-state index in [1.165, 1.54) is 53.2 Å². The number of hydrogen-bond acceptors (Lipinski definition) is 6. The second-order valence-corrected chi connectivity index (χ2v) is 8.48. The largest absolute Gasteiger partial charge is 0.471 e. The van der Waals surface area contributed by atoms with Crippen molar-refractivity contribution in [3.05, 3.63) is 65.4 Å². The molecule has 0 spiro atoms. The molecule has 3 heterocycles. The van der Waals surface area contributed by atoms with Crippen LogP contribution < -0.4 is 0 Å². The normalized spacial score (nSPS) is 12.6. The van der Waals surface area contributed by atoms with Crippen molar-refractivity contribution in [3.8, 4) is 11.4 Å². The van der Waals surface area contributed by atoms with Gasteiger partial charge in [-0.15, -0.1) is 0 Å². The maximum atomic E-state index is 12.6. The molecular formula is C17H10ClF3N4O3S. The van der Waals surface area contributed by atoms with Crippen LogP contribution in [0, 0.1) is 0 Å². The summed E-state index contributed by atoms with van der Waals surface area (Å²) >= 11 is 5.78. The topological polar surface area (TPSA) is 90.4 Å². The lowest BCUT2D eigenvalue weighted by molar-refractivity contribution is -0.159. The van der Waals surface area contributed by atoms with E-state index >= 15 is 0 Å². The fourth-order valence-electron chi connectivity index (χ4n) is 2.62. The standard InChI is InChI=1S/C17H10ClF3N4O3S/c18-11-2-4-13(5-3-11)29(26,27)9-12-8-25-7-10(1-6-14(25)22-12)15-23-16(28-24-15)17(19,20)21/h1-8H,9H2. The number of benzene rings is 1. The third-order valence-electron chi connectivity index (χ3n) is 3.94. The highest BCUT2D eigenvalue weighted by Crippen LogP contribution is 2.29. The fraction of sp³-hybridized carbons (Fsp3) is 0.118. The van der Waals surface area contributed by atoms with E-state index in [-0.39, 0.29) is 27.7 Å². The summed E-state index contributed by atoms with van der Waals surface area (Å²) in [5.41, 5.74) is 0.928. The van der Waals surface area contributed by atoms with Crippen molar-refractivity contribution in [2.75, 3.05) is 0 Å². The lowest BCUT2D eigenvalue weighted by Crippen LogP contribution is -2.05. The van der Waals surface area contributed by atoms with Crippen molar-refractivity contribution in [1.29, 1.82) is 0 Å². The zero-order chi connectivity index (χ0) is 20.8. The zero-order valence-corrected chi connectivity index (χ0v) is 15.8. The average Bonchev–Trinajstić information content (AvgIpc) is 3.27. The highest BCUT2D eigenvalue weighted by molar-refractivity contribution is 7.90. The van der Waals surface area contributed by atoms with Gasteiger partial charge in [-0.05, 0) is 36.4 Å². The molecule has 0 saturated heterocycles.